The summed E-state index contributed by atoms with van der Waals surface area (Å²) in [5, 5.41) is 0.991. The molecule has 1 aromatic heterocycles. The van der Waals surface area contributed by atoms with Gasteiger partial charge in [-0.1, -0.05) is 30.3 Å². The van der Waals surface area contributed by atoms with Gasteiger partial charge in [0.05, 0.1) is 20.5 Å². The van der Waals surface area contributed by atoms with Crippen LogP contribution in [0.5, 0.6) is 11.5 Å². The number of furan rings is 1. The number of amides is 1. The van der Waals surface area contributed by atoms with Crippen molar-refractivity contribution in [3.8, 4) is 22.6 Å². The summed E-state index contributed by atoms with van der Waals surface area (Å²) in [7, 11) is 3.30. The van der Waals surface area contributed by atoms with Gasteiger partial charge in [-0.05, 0) is 48.4 Å². The Morgan fingerprint density at radius 1 is 0.917 bits per heavy atom. The van der Waals surface area contributed by atoms with Gasteiger partial charge in [0, 0.05) is 60.5 Å². The lowest BCUT2D eigenvalue weighted by atomic mass is 9.99. The highest BCUT2D eigenvalue weighted by atomic mass is 16.5. The zero-order valence-corrected chi connectivity index (χ0v) is 20.9. The maximum Gasteiger partial charge on any atom is 0.246 e. The number of benzene rings is 3. The Hall–Kier alpha value is -4.19. The van der Waals surface area contributed by atoms with Crippen LogP contribution < -0.4 is 14.4 Å². The number of allylic oxidation sites excluding steroid dienone is 1. The Bertz CT molecular complexity index is 1380. The SMILES string of the molecule is COc1ccc(N2CCN(C(=O)/C=C(\C)c3cc4c(-c5ccccc5)coc4cc3OC)CC2)cc1. The molecule has 0 N–H and O–H groups in total. The van der Waals surface area contributed by atoms with Crippen LogP contribution in [-0.2, 0) is 4.79 Å². The smallest absolute Gasteiger partial charge is 0.246 e. The van der Waals surface area contributed by atoms with Gasteiger partial charge in [0.1, 0.15) is 17.1 Å². The van der Waals surface area contributed by atoms with E-state index in [1.807, 2.05) is 48.2 Å². The molecule has 1 aliphatic rings. The lowest BCUT2D eigenvalue weighted by Gasteiger charge is -2.35. The number of piperazine rings is 1. The first-order chi connectivity index (χ1) is 17.6. The van der Waals surface area contributed by atoms with Crippen molar-refractivity contribution in [2.75, 3.05) is 45.3 Å². The van der Waals surface area contributed by atoms with Crippen LogP contribution in [0.25, 0.3) is 27.7 Å². The second kappa shape index (κ2) is 10.2. The molecule has 4 aromatic rings. The second-order valence-electron chi connectivity index (χ2n) is 8.90. The van der Waals surface area contributed by atoms with Gasteiger partial charge < -0.3 is 23.7 Å². The van der Waals surface area contributed by atoms with E-state index in [9.17, 15) is 4.79 Å². The molecule has 3 aromatic carbocycles. The summed E-state index contributed by atoms with van der Waals surface area (Å²) in [6.07, 6.45) is 3.49. The summed E-state index contributed by atoms with van der Waals surface area (Å²) in [4.78, 5) is 17.4. The predicted molar refractivity (Wildman–Crippen MR) is 144 cm³/mol. The van der Waals surface area contributed by atoms with Crippen molar-refractivity contribution in [1.82, 2.24) is 4.90 Å². The molecule has 2 heterocycles. The number of hydrogen-bond donors (Lipinski definition) is 0. The maximum absolute atomic E-state index is 13.2. The summed E-state index contributed by atoms with van der Waals surface area (Å²) in [6, 6.07) is 22.1. The van der Waals surface area contributed by atoms with E-state index in [1.54, 1.807) is 26.6 Å². The third-order valence-corrected chi connectivity index (χ3v) is 6.77. The lowest BCUT2D eigenvalue weighted by molar-refractivity contribution is -0.126. The van der Waals surface area contributed by atoms with Crippen molar-refractivity contribution < 1.29 is 18.7 Å². The summed E-state index contributed by atoms with van der Waals surface area (Å²) in [5.74, 6) is 1.54. The summed E-state index contributed by atoms with van der Waals surface area (Å²) >= 11 is 0. The molecule has 0 atom stereocenters. The van der Waals surface area contributed by atoms with Gasteiger partial charge in [-0.25, -0.2) is 0 Å². The van der Waals surface area contributed by atoms with Gasteiger partial charge in [-0.2, -0.15) is 0 Å². The Morgan fingerprint density at radius 2 is 1.64 bits per heavy atom. The molecule has 0 spiro atoms. The number of carbonyl (C=O) groups excluding carboxylic acids is 1. The van der Waals surface area contributed by atoms with Gasteiger partial charge in [-0.15, -0.1) is 0 Å². The fourth-order valence-corrected chi connectivity index (χ4v) is 4.71. The van der Waals surface area contributed by atoms with Crippen molar-refractivity contribution in [3.63, 3.8) is 0 Å². The number of rotatable bonds is 6. The van der Waals surface area contributed by atoms with E-state index < -0.39 is 0 Å². The highest BCUT2D eigenvalue weighted by Crippen LogP contribution is 2.37. The quantitative estimate of drug-likeness (QED) is 0.322. The van der Waals surface area contributed by atoms with Crippen LogP contribution in [0, 0.1) is 0 Å². The number of fused-ring (bicyclic) bond motifs is 1. The normalized spacial score (nSPS) is 14.2. The molecule has 1 saturated heterocycles. The highest BCUT2D eigenvalue weighted by molar-refractivity contribution is 6.00. The van der Waals surface area contributed by atoms with Crippen molar-refractivity contribution in [2.24, 2.45) is 0 Å². The predicted octanol–water partition coefficient (Wildman–Crippen LogP) is 5.87. The molecule has 5 rings (SSSR count). The Balaban J connectivity index is 1.34. The molecule has 0 radical (unpaired) electrons. The van der Waals surface area contributed by atoms with E-state index in [0.29, 0.717) is 18.8 Å². The largest absolute Gasteiger partial charge is 0.497 e. The van der Waals surface area contributed by atoms with Crippen LogP contribution in [0.1, 0.15) is 12.5 Å². The molecular weight excluding hydrogens is 452 g/mol. The van der Waals surface area contributed by atoms with E-state index in [4.69, 9.17) is 13.9 Å². The Morgan fingerprint density at radius 3 is 2.31 bits per heavy atom. The van der Waals surface area contributed by atoms with Gasteiger partial charge in [0.15, 0.2) is 0 Å². The van der Waals surface area contributed by atoms with Gasteiger partial charge >= 0.3 is 0 Å². The first-order valence-electron chi connectivity index (χ1n) is 12.1. The standard InChI is InChI=1S/C30H30N2O4/c1-21(17-30(33)32-15-13-31(14-16-32)23-9-11-24(34-2)12-10-23)25-18-26-27(22-7-5-4-6-8-22)20-36-29(26)19-28(25)35-3/h4-12,17-20H,13-16H2,1-3H3/b21-17+. The van der Waals surface area contributed by atoms with Crippen LogP contribution in [-0.4, -0.2) is 51.2 Å². The zero-order valence-electron chi connectivity index (χ0n) is 20.9. The first kappa shape index (κ1) is 23.5. The zero-order chi connectivity index (χ0) is 25.1. The van der Waals surface area contributed by atoms with Gasteiger partial charge in [0.2, 0.25) is 5.91 Å². The molecule has 0 bridgehead atoms. The summed E-state index contributed by atoms with van der Waals surface area (Å²) < 4.78 is 16.7. The van der Waals surface area contributed by atoms with Crippen LogP contribution >= 0.6 is 0 Å². The molecule has 0 saturated carbocycles. The average molecular weight is 483 g/mol. The number of ether oxygens (including phenoxy) is 2. The minimum Gasteiger partial charge on any atom is -0.497 e. The lowest BCUT2D eigenvalue weighted by Crippen LogP contribution is -2.48. The molecule has 0 aliphatic carbocycles. The van der Waals surface area contributed by atoms with E-state index in [-0.39, 0.29) is 5.91 Å². The fourth-order valence-electron chi connectivity index (χ4n) is 4.71. The number of nitrogens with zero attached hydrogens (tertiary/aromatic N) is 2. The van der Waals surface area contributed by atoms with Crippen molar-refractivity contribution in [2.45, 2.75) is 6.92 Å². The Labute approximate surface area is 211 Å². The summed E-state index contributed by atoms with van der Waals surface area (Å²) in [6.45, 7) is 4.87. The molecule has 1 amide bonds. The van der Waals surface area contributed by atoms with Gasteiger partial charge in [-0.3, -0.25) is 4.79 Å². The van der Waals surface area contributed by atoms with E-state index in [0.717, 1.165) is 57.8 Å². The Kier molecular flexibility index (Phi) is 6.67. The monoisotopic (exact) mass is 482 g/mol. The topological polar surface area (TPSA) is 55.2 Å². The van der Waals surface area contributed by atoms with E-state index in [1.165, 1.54) is 0 Å². The second-order valence-corrected chi connectivity index (χ2v) is 8.90. The minimum absolute atomic E-state index is 0.0134. The van der Waals surface area contributed by atoms with Crippen LogP contribution in [0.2, 0.25) is 0 Å². The molecule has 36 heavy (non-hydrogen) atoms. The molecule has 1 aliphatic heterocycles. The summed E-state index contributed by atoms with van der Waals surface area (Å²) in [5.41, 5.74) is 5.73. The van der Waals surface area contributed by atoms with E-state index in [2.05, 4.69) is 35.2 Å². The average Bonchev–Trinajstić information content (AvgIpc) is 3.35. The highest BCUT2D eigenvalue weighted by Gasteiger charge is 2.21. The van der Waals surface area contributed by atoms with Gasteiger partial charge in [0.25, 0.3) is 0 Å². The minimum atomic E-state index is 0.0134. The van der Waals surface area contributed by atoms with Crippen molar-refractivity contribution >= 4 is 28.1 Å². The molecule has 6 nitrogen and oxygen atoms in total. The molecule has 0 unspecified atom stereocenters. The third kappa shape index (κ3) is 4.67. The molecule has 1 fully saturated rings. The van der Waals surface area contributed by atoms with Crippen LogP contribution in [0.3, 0.4) is 0 Å². The first-order valence-corrected chi connectivity index (χ1v) is 12.1. The molecule has 6 heteroatoms. The van der Waals surface area contributed by atoms with Crippen LogP contribution in [0.4, 0.5) is 5.69 Å². The fraction of sp³-hybridized carbons (Fsp3) is 0.233. The third-order valence-electron chi connectivity index (χ3n) is 6.77. The maximum atomic E-state index is 13.2. The van der Waals surface area contributed by atoms with Crippen molar-refractivity contribution in [3.05, 3.63) is 84.6 Å². The number of hydrogen-bond acceptors (Lipinski definition) is 5. The van der Waals surface area contributed by atoms with Crippen LogP contribution in [0.15, 0.2) is 83.5 Å². The number of methoxy groups -OCH3 is 2. The van der Waals surface area contributed by atoms with E-state index >= 15 is 0 Å². The number of carbonyl (C=O) groups is 1. The molecule has 184 valence electrons. The van der Waals surface area contributed by atoms with Crippen molar-refractivity contribution in [1.29, 1.82) is 0 Å². The molecular formula is C30H30N2O4. The number of anilines is 1.